The fraction of sp³-hybridized carbons (Fsp3) is 0.636. The van der Waals surface area contributed by atoms with E-state index in [4.69, 9.17) is 10.8 Å². The Labute approximate surface area is 126 Å². The SMILES string of the molecule is C=C[C@@H]1C[C@H](C(=O)O)N(CCN)C1.CC(N)=O.Cl.Cl. The summed E-state index contributed by atoms with van der Waals surface area (Å²) < 4.78 is 0. The maximum Gasteiger partial charge on any atom is 0.320 e. The number of carboxylic acid groups (broad SMARTS) is 1. The Morgan fingerprint density at radius 3 is 2.26 bits per heavy atom. The monoisotopic (exact) mass is 315 g/mol. The van der Waals surface area contributed by atoms with Gasteiger partial charge in [0.2, 0.25) is 5.91 Å². The fourth-order valence-corrected chi connectivity index (χ4v) is 1.78. The lowest BCUT2D eigenvalue weighted by Gasteiger charge is -2.19. The largest absolute Gasteiger partial charge is 0.480 e. The topological polar surface area (TPSA) is 110 Å². The summed E-state index contributed by atoms with van der Waals surface area (Å²) in [5.41, 5.74) is 9.87. The first kappa shape index (κ1) is 23.3. The van der Waals surface area contributed by atoms with Crippen LogP contribution in [0.2, 0.25) is 0 Å². The number of rotatable bonds is 4. The summed E-state index contributed by atoms with van der Waals surface area (Å²) in [4.78, 5) is 22.0. The molecular weight excluding hydrogens is 293 g/mol. The van der Waals surface area contributed by atoms with E-state index in [-0.39, 0.29) is 36.8 Å². The van der Waals surface area contributed by atoms with Gasteiger partial charge in [0, 0.05) is 26.6 Å². The summed E-state index contributed by atoms with van der Waals surface area (Å²) >= 11 is 0. The van der Waals surface area contributed by atoms with Crippen LogP contribution in [0, 0.1) is 5.92 Å². The van der Waals surface area contributed by atoms with Gasteiger partial charge in [0.1, 0.15) is 6.04 Å². The molecule has 2 atom stereocenters. The Bertz CT molecular complexity index is 286. The van der Waals surface area contributed by atoms with Crippen molar-refractivity contribution in [3.63, 3.8) is 0 Å². The molecule has 19 heavy (non-hydrogen) atoms. The minimum atomic E-state index is -0.752. The summed E-state index contributed by atoms with van der Waals surface area (Å²) in [7, 11) is 0. The molecule has 0 unspecified atom stereocenters. The van der Waals surface area contributed by atoms with E-state index in [1.165, 1.54) is 6.92 Å². The van der Waals surface area contributed by atoms with Gasteiger partial charge in [-0.1, -0.05) is 6.08 Å². The molecule has 1 rings (SSSR count). The van der Waals surface area contributed by atoms with Gasteiger partial charge in [0.25, 0.3) is 0 Å². The van der Waals surface area contributed by atoms with Crippen LogP contribution >= 0.6 is 24.8 Å². The minimum Gasteiger partial charge on any atom is -0.480 e. The van der Waals surface area contributed by atoms with Crippen molar-refractivity contribution in [3.05, 3.63) is 12.7 Å². The zero-order valence-corrected chi connectivity index (χ0v) is 12.6. The van der Waals surface area contributed by atoms with Crippen molar-refractivity contribution >= 4 is 36.7 Å². The molecule has 1 aliphatic heterocycles. The number of carboxylic acids is 1. The van der Waals surface area contributed by atoms with E-state index >= 15 is 0 Å². The number of hydrogen-bond acceptors (Lipinski definition) is 4. The highest BCUT2D eigenvalue weighted by atomic mass is 35.5. The lowest BCUT2D eigenvalue weighted by atomic mass is 10.1. The first-order chi connectivity index (χ1) is 7.92. The summed E-state index contributed by atoms with van der Waals surface area (Å²) in [5.74, 6) is -0.787. The Hall–Kier alpha value is -0.820. The number of amides is 1. The number of likely N-dealkylation sites (tertiary alicyclic amines) is 1. The second-order valence-electron chi connectivity index (χ2n) is 3.98. The molecule has 1 aliphatic rings. The molecule has 0 spiro atoms. The van der Waals surface area contributed by atoms with Crippen molar-refractivity contribution in [3.8, 4) is 0 Å². The smallest absolute Gasteiger partial charge is 0.320 e. The molecule has 0 radical (unpaired) electrons. The molecule has 0 aliphatic carbocycles. The third kappa shape index (κ3) is 9.72. The number of carbonyl (C=O) groups excluding carboxylic acids is 1. The Kier molecular flexibility index (Phi) is 15.0. The zero-order valence-electron chi connectivity index (χ0n) is 10.9. The third-order valence-electron chi connectivity index (χ3n) is 2.47. The van der Waals surface area contributed by atoms with Gasteiger partial charge in [-0.25, -0.2) is 0 Å². The van der Waals surface area contributed by atoms with Crippen LogP contribution in [0.5, 0.6) is 0 Å². The number of halogens is 2. The van der Waals surface area contributed by atoms with E-state index in [1.54, 1.807) is 0 Å². The van der Waals surface area contributed by atoms with Gasteiger partial charge < -0.3 is 16.6 Å². The second-order valence-corrected chi connectivity index (χ2v) is 3.98. The van der Waals surface area contributed by atoms with Crippen LogP contribution in [0.1, 0.15) is 13.3 Å². The molecule has 0 saturated carbocycles. The van der Waals surface area contributed by atoms with Gasteiger partial charge in [-0.3, -0.25) is 14.5 Å². The highest BCUT2D eigenvalue weighted by Crippen LogP contribution is 2.23. The molecule has 0 aromatic carbocycles. The number of aliphatic carboxylic acids is 1. The van der Waals surface area contributed by atoms with Gasteiger partial charge in [-0.2, -0.15) is 0 Å². The Balaban J connectivity index is -0.000000379. The zero-order chi connectivity index (χ0) is 13.4. The van der Waals surface area contributed by atoms with Crippen LogP contribution in [0.3, 0.4) is 0 Å². The summed E-state index contributed by atoms with van der Waals surface area (Å²) in [6.07, 6.45) is 2.49. The first-order valence-electron chi connectivity index (χ1n) is 5.47. The number of nitrogens with zero attached hydrogens (tertiary/aromatic N) is 1. The quantitative estimate of drug-likeness (QED) is 0.644. The molecule has 8 heteroatoms. The molecule has 1 fully saturated rings. The Morgan fingerprint density at radius 1 is 1.47 bits per heavy atom. The molecule has 0 aromatic heterocycles. The van der Waals surface area contributed by atoms with Crippen LogP contribution < -0.4 is 11.5 Å². The van der Waals surface area contributed by atoms with Gasteiger partial charge >= 0.3 is 5.97 Å². The van der Waals surface area contributed by atoms with Crippen LogP contribution in [0.15, 0.2) is 12.7 Å². The molecule has 0 bridgehead atoms. The number of carbonyl (C=O) groups is 2. The highest BCUT2D eigenvalue weighted by Gasteiger charge is 2.34. The van der Waals surface area contributed by atoms with E-state index in [9.17, 15) is 9.59 Å². The molecule has 0 aromatic rings. The Morgan fingerprint density at radius 2 is 1.95 bits per heavy atom. The predicted octanol–water partition coefficient (Wildman–Crippen LogP) is 0.241. The second kappa shape index (κ2) is 12.2. The van der Waals surface area contributed by atoms with E-state index in [0.29, 0.717) is 25.4 Å². The molecular formula is C11H23Cl2N3O3. The minimum absolute atomic E-state index is 0. The van der Waals surface area contributed by atoms with Crippen molar-refractivity contribution in [1.29, 1.82) is 0 Å². The van der Waals surface area contributed by atoms with E-state index in [0.717, 1.165) is 6.54 Å². The lowest BCUT2D eigenvalue weighted by molar-refractivity contribution is -0.142. The van der Waals surface area contributed by atoms with Gasteiger partial charge in [0.05, 0.1) is 0 Å². The number of hydrogen-bond donors (Lipinski definition) is 3. The normalized spacial score (nSPS) is 21.2. The van der Waals surface area contributed by atoms with Crippen LogP contribution in [-0.2, 0) is 9.59 Å². The molecule has 1 amide bonds. The van der Waals surface area contributed by atoms with E-state index in [2.05, 4.69) is 12.3 Å². The average Bonchev–Trinajstić information content (AvgIpc) is 2.61. The van der Waals surface area contributed by atoms with Gasteiger partial charge in [-0.05, 0) is 12.3 Å². The maximum atomic E-state index is 10.8. The molecule has 1 heterocycles. The molecule has 114 valence electrons. The highest BCUT2D eigenvalue weighted by molar-refractivity contribution is 5.85. The van der Waals surface area contributed by atoms with Crippen molar-refractivity contribution in [1.82, 2.24) is 4.90 Å². The maximum absolute atomic E-state index is 10.8. The van der Waals surface area contributed by atoms with Crippen molar-refractivity contribution in [2.24, 2.45) is 17.4 Å². The van der Waals surface area contributed by atoms with Crippen LogP contribution in [0.4, 0.5) is 0 Å². The number of nitrogens with two attached hydrogens (primary N) is 2. The molecule has 1 saturated heterocycles. The van der Waals surface area contributed by atoms with Gasteiger partial charge in [-0.15, -0.1) is 31.4 Å². The average molecular weight is 316 g/mol. The third-order valence-corrected chi connectivity index (χ3v) is 2.47. The molecule has 5 N–H and O–H groups in total. The summed E-state index contributed by atoms with van der Waals surface area (Å²) in [6.45, 7) is 6.92. The van der Waals surface area contributed by atoms with Gasteiger partial charge in [0.15, 0.2) is 0 Å². The predicted molar refractivity (Wildman–Crippen MR) is 79.7 cm³/mol. The van der Waals surface area contributed by atoms with Crippen LogP contribution in [0.25, 0.3) is 0 Å². The van der Waals surface area contributed by atoms with Crippen molar-refractivity contribution in [2.75, 3.05) is 19.6 Å². The molecule has 6 nitrogen and oxygen atoms in total. The summed E-state index contributed by atoms with van der Waals surface area (Å²) in [6, 6.07) is -0.369. The van der Waals surface area contributed by atoms with E-state index < -0.39 is 5.97 Å². The standard InChI is InChI=1S/C9H16N2O2.C2H5NO.2ClH/c1-2-7-5-8(9(12)13)11(6-7)4-3-10;1-2(3)4;;/h2,7-8H,1,3-6,10H2,(H,12,13);1H3,(H2,3,4);2*1H/t7-,8-;;;/m1.../s1. The lowest BCUT2D eigenvalue weighted by Crippen LogP contribution is -2.38. The van der Waals surface area contributed by atoms with E-state index in [1.807, 2.05) is 11.0 Å². The van der Waals surface area contributed by atoms with Crippen molar-refractivity contribution in [2.45, 2.75) is 19.4 Å². The summed E-state index contributed by atoms with van der Waals surface area (Å²) in [5, 5.41) is 8.91. The first-order valence-corrected chi connectivity index (χ1v) is 5.47. The van der Waals surface area contributed by atoms with Crippen LogP contribution in [-0.4, -0.2) is 47.6 Å². The fourth-order valence-electron chi connectivity index (χ4n) is 1.78. The number of primary amides is 1. The van der Waals surface area contributed by atoms with Crippen molar-refractivity contribution < 1.29 is 14.7 Å².